The van der Waals surface area contributed by atoms with Gasteiger partial charge in [0.2, 0.25) is 0 Å². The predicted octanol–water partition coefficient (Wildman–Crippen LogP) is 4.47. The predicted molar refractivity (Wildman–Crippen MR) is 85.9 cm³/mol. The van der Waals surface area contributed by atoms with E-state index in [1.807, 2.05) is 6.07 Å². The van der Waals surface area contributed by atoms with Gasteiger partial charge in [0.25, 0.3) is 0 Å². The third kappa shape index (κ3) is 4.86. The number of ether oxygens (including phenoxy) is 1. The van der Waals surface area contributed by atoms with Crippen molar-refractivity contribution in [3.8, 4) is 5.75 Å². The van der Waals surface area contributed by atoms with Crippen LogP contribution in [0.4, 0.5) is 0 Å². The number of aliphatic carboxylic acids is 1. The number of halogens is 2. The zero-order chi connectivity index (χ0) is 14.6. The highest BCUT2D eigenvalue weighted by Gasteiger charge is 2.43. The summed E-state index contributed by atoms with van der Waals surface area (Å²) in [5.41, 5.74) is 0.0529. The van der Waals surface area contributed by atoms with Crippen LogP contribution in [0.2, 0.25) is 5.02 Å². The van der Waals surface area contributed by atoms with Crippen molar-refractivity contribution < 1.29 is 14.6 Å². The maximum Gasteiger partial charge on any atom is 0.303 e. The van der Waals surface area contributed by atoms with Crippen molar-refractivity contribution in [2.75, 3.05) is 18.1 Å². The zero-order valence-electron chi connectivity index (χ0n) is 10.9. The van der Waals surface area contributed by atoms with E-state index < -0.39 is 5.97 Å². The van der Waals surface area contributed by atoms with E-state index in [1.165, 1.54) is 0 Å². The molecule has 0 bridgehead atoms. The number of carboxylic acid groups (broad SMARTS) is 1. The minimum atomic E-state index is -0.690. The van der Waals surface area contributed by atoms with Crippen molar-refractivity contribution in [2.45, 2.75) is 19.3 Å². The Hall–Kier alpha value is -0.390. The van der Waals surface area contributed by atoms with Crippen LogP contribution in [0.1, 0.15) is 19.3 Å². The Labute approximate surface area is 136 Å². The van der Waals surface area contributed by atoms with E-state index in [1.54, 1.807) is 23.9 Å². The Morgan fingerprint density at radius 2 is 2.25 bits per heavy atom. The monoisotopic (exact) mass is 378 g/mol. The lowest BCUT2D eigenvalue weighted by molar-refractivity contribution is -0.138. The van der Waals surface area contributed by atoms with E-state index in [0.717, 1.165) is 34.6 Å². The molecule has 1 aliphatic rings. The number of rotatable bonds is 8. The first-order valence-electron chi connectivity index (χ1n) is 6.38. The highest BCUT2D eigenvalue weighted by molar-refractivity contribution is 9.10. The van der Waals surface area contributed by atoms with Crippen LogP contribution in [0, 0.1) is 5.41 Å². The van der Waals surface area contributed by atoms with Gasteiger partial charge in [0.1, 0.15) is 5.75 Å². The minimum Gasteiger partial charge on any atom is -0.492 e. The van der Waals surface area contributed by atoms with Gasteiger partial charge < -0.3 is 9.84 Å². The summed E-state index contributed by atoms with van der Waals surface area (Å²) >= 11 is 11.0. The second-order valence-corrected chi connectivity index (χ2v) is 7.44. The first-order valence-corrected chi connectivity index (χ1v) is 8.71. The first kappa shape index (κ1) is 16.0. The zero-order valence-corrected chi connectivity index (χ0v) is 14.1. The van der Waals surface area contributed by atoms with Gasteiger partial charge in [0.05, 0.1) is 17.5 Å². The minimum absolute atomic E-state index is 0.0529. The summed E-state index contributed by atoms with van der Waals surface area (Å²) in [5.74, 6) is 1.85. The number of thioether (sulfide) groups is 1. The Morgan fingerprint density at radius 1 is 1.50 bits per heavy atom. The van der Waals surface area contributed by atoms with Crippen molar-refractivity contribution in [3.63, 3.8) is 0 Å². The summed E-state index contributed by atoms with van der Waals surface area (Å²) < 4.78 is 6.51. The third-order valence-corrected chi connectivity index (χ3v) is 5.40. The molecule has 0 aromatic heterocycles. The van der Waals surface area contributed by atoms with E-state index >= 15 is 0 Å². The van der Waals surface area contributed by atoms with Crippen molar-refractivity contribution in [1.82, 2.24) is 0 Å². The van der Waals surface area contributed by atoms with Crippen molar-refractivity contribution >= 4 is 45.3 Å². The molecule has 1 fully saturated rings. The quantitative estimate of drug-likeness (QED) is 0.677. The Bertz CT molecular complexity index is 491. The fourth-order valence-electron chi connectivity index (χ4n) is 1.96. The summed E-state index contributed by atoms with van der Waals surface area (Å²) in [6, 6.07) is 5.43. The highest BCUT2D eigenvalue weighted by atomic mass is 79.9. The van der Waals surface area contributed by atoms with Crippen LogP contribution in [0.25, 0.3) is 0 Å². The van der Waals surface area contributed by atoms with Gasteiger partial charge in [-0.2, -0.15) is 11.8 Å². The van der Waals surface area contributed by atoms with Crippen LogP contribution in [-0.4, -0.2) is 29.2 Å². The molecule has 0 saturated heterocycles. The third-order valence-electron chi connectivity index (χ3n) is 3.27. The molecule has 6 heteroatoms. The second-order valence-electron chi connectivity index (χ2n) is 5.05. The average molecular weight is 380 g/mol. The largest absolute Gasteiger partial charge is 0.492 e. The second kappa shape index (κ2) is 7.05. The van der Waals surface area contributed by atoms with E-state index in [-0.39, 0.29) is 5.41 Å². The van der Waals surface area contributed by atoms with E-state index in [9.17, 15) is 4.79 Å². The van der Waals surface area contributed by atoms with Gasteiger partial charge >= 0.3 is 5.97 Å². The summed E-state index contributed by atoms with van der Waals surface area (Å²) in [4.78, 5) is 10.7. The summed E-state index contributed by atoms with van der Waals surface area (Å²) in [6.45, 7) is 0.605. The molecule has 0 atom stereocenters. The molecule has 0 heterocycles. The maximum absolute atomic E-state index is 10.7. The molecule has 1 aromatic carbocycles. The van der Waals surface area contributed by atoms with Crippen LogP contribution in [0.3, 0.4) is 0 Å². The fraction of sp³-hybridized carbons (Fsp3) is 0.500. The molecule has 1 N–H and O–H groups in total. The molecule has 0 aliphatic heterocycles. The first-order chi connectivity index (χ1) is 9.51. The van der Waals surface area contributed by atoms with Gasteiger partial charge in [-0.15, -0.1) is 0 Å². The summed E-state index contributed by atoms with van der Waals surface area (Å²) in [5, 5.41) is 9.51. The smallest absolute Gasteiger partial charge is 0.303 e. The molecule has 110 valence electrons. The Kier molecular flexibility index (Phi) is 5.64. The number of hydrogen-bond acceptors (Lipinski definition) is 3. The van der Waals surface area contributed by atoms with Gasteiger partial charge in [0, 0.05) is 10.8 Å². The van der Waals surface area contributed by atoms with Crippen LogP contribution in [-0.2, 0) is 4.79 Å². The molecule has 1 saturated carbocycles. The normalized spacial score (nSPS) is 15.9. The molecule has 0 unspecified atom stereocenters. The molecule has 0 radical (unpaired) electrons. The SMILES string of the molecule is O=C(O)CC1(CSCCOc2ccc(Cl)cc2Br)CC1. The lowest BCUT2D eigenvalue weighted by Crippen LogP contribution is -2.12. The fourth-order valence-corrected chi connectivity index (χ4v) is 3.93. The molecule has 3 nitrogen and oxygen atoms in total. The Morgan fingerprint density at radius 3 is 2.85 bits per heavy atom. The van der Waals surface area contributed by atoms with Crippen molar-refractivity contribution in [1.29, 1.82) is 0 Å². The van der Waals surface area contributed by atoms with Crippen molar-refractivity contribution in [3.05, 3.63) is 27.7 Å². The summed E-state index contributed by atoms with van der Waals surface area (Å²) in [6.07, 6.45) is 2.37. The van der Waals surface area contributed by atoms with Gasteiger partial charge in [0.15, 0.2) is 0 Å². The molecular formula is C14H16BrClO3S. The topological polar surface area (TPSA) is 46.5 Å². The van der Waals surface area contributed by atoms with Crippen LogP contribution < -0.4 is 4.74 Å². The van der Waals surface area contributed by atoms with Crippen molar-refractivity contribution in [2.24, 2.45) is 5.41 Å². The van der Waals surface area contributed by atoms with Gasteiger partial charge in [-0.25, -0.2) is 0 Å². The number of benzene rings is 1. The van der Waals surface area contributed by atoms with E-state index in [2.05, 4.69) is 15.9 Å². The molecule has 1 aliphatic carbocycles. The molecule has 0 amide bonds. The lowest BCUT2D eigenvalue weighted by atomic mass is 10.1. The van der Waals surface area contributed by atoms with Crippen LogP contribution in [0.15, 0.2) is 22.7 Å². The van der Waals surface area contributed by atoms with Crippen LogP contribution >= 0.6 is 39.3 Å². The maximum atomic E-state index is 10.7. The Balaban J connectivity index is 1.66. The van der Waals surface area contributed by atoms with E-state index in [0.29, 0.717) is 18.1 Å². The van der Waals surface area contributed by atoms with Gasteiger partial charge in [-0.1, -0.05) is 11.6 Å². The number of carboxylic acids is 1. The standard InChI is InChI=1S/C14H16BrClO3S/c15-11-7-10(16)1-2-12(11)19-5-6-20-9-14(3-4-14)8-13(17)18/h1-2,7H,3-6,8-9H2,(H,17,18). The lowest BCUT2D eigenvalue weighted by Gasteiger charge is -2.12. The molecular weight excluding hydrogens is 364 g/mol. The molecule has 0 spiro atoms. The average Bonchev–Trinajstić information content (AvgIpc) is 3.10. The summed E-state index contributed by atoms with van der Waals surface area (Å²) in [7, 11) is 0. The molecule has 1 aromatic rings. The van der Waals surface area contributed by atoms with E-state index in [4.69, 9.17) is 21.4 Å². The number of hydrogen-bond donors (Lipinski definition) is 1. The highest BCUT2D eigenvalue weighted by Crippen LogP contribution is 2.50. The van der Waals surface area contributed by atoms with Crippen LogP contribution in [0.5, 0.6) is 5.75 Å². The van der Waals surface area contributed by atoms with Gasteiger partial charge in [-0.05, 0) is 58.1 Å². The van der Waals surface area contributed by atoms with Gasteiger partial charge in [-0.3, -0.25) is 4.79 Å². The molecule has 20 heavy (non-hydrogen) atoms. The number of carbonyl (C=O) groups is 1. The molecule has 2 rings (SSSR count).